The fourth-order valence-electron chi connectivity index (χ4n) is 4.34. The van der Waals surface area contributed by atoms with Crippen molar-refractivity contribution < 1.29 is 9.18 Å². The van der Waals surface area contributed by atoms with Gasteiger partial charge in [-0.2, -0.15) is 5.10 Å². The second-order valence-corrected chi connectivity index (χ2v) is 7.22. The zero-order valence-corrected chi connectivity index (χ0v) is 14.4. The van der Waals surface area contributed by atoms with Crippen LogP contribution in [-0.4, -0.2) is 52.6 Å². The first-order valence-electron chi connectivity index (χ1n) is 8.85. The van der Waals surface area contributed by atoms with Crippen molar-refractivity contribution >= 4 is 16.7 Å². The topological polar surface area (TPSA) is 61.0 Å². The van der Waals surface area contributed by atoms with Gasteiger partial charge in [-0.3, -0.25) is 14.8 Å². The van der Waals surface area contributed by atoms with Crippen molar-refractivity contribution in [3.63, 3.8) is 0 Å². The van der Waals surface area contributed by atoms with Gasteiger partial charge in [0.05, 0.1) is 11.6 Å². The molecule has 5 rings (SSSR count). The molecule has 2 fully saturated rings. The van der Waals surface area contributed by atoms with Crippen LogP contribution >= 0.6 is 0 Å². The second kappa shape index (κ2) is 5.72. The largest absolute Gasteiger partial charge is 0.310 e. The van der Waals surface area contributed by atoms with Crippen LogP contribution in [0.4, 0.5) is 4.39 Å². The Balaban J connectivity index is 1.55. The summed E-state index contributed by atoms with van der Waals surface area (Å²) < 4.78 is 13.2. The number of likely N-dealkylation sites (N-methyl/N-ethyl adjacent to an activating group) is 1. The molecule has 2 aliphatic rings. The minimum Gasteiger partial charge on any atom is -0.310 e. The number of H-pyrrole nitrogens is 1. The van der Waals surface area contributed by atoms with Crippen LogP contribution in [0.25, 0.3) is 22.0 Å². The summed E-state index contributed by atoms with van der Waals surface area (Å²) in [6, 6.07) is 12.6. The molecule has 1 aromatic heterocycles. The van der Waals surface area contributed by atoms with Crippen LogP contribution in [0.1, 0.15) is 16.9 Å². The highest BCUT2D eigenvalue weighted by Crippen LogP contribution is 2.32. The van der Waals surface area contributed by atoms with Crippen molar-refractivity contribution in [2.75, 3.05) is 13.6 Å². The van der Waals surface area contributed by atoms with E-state index in [2.05, 4.69) is 20.4 Å². The van der Waals surface area contributed by atoms with Crippen molar-refractivity contribution in [3.8, 4) is 11.1 Å². The number of Topliss-reactive ketones (excluding diaryl/α,β-unsaturated/α-hetero) is 1. The van der Waals surface area contributed by atoms with E-state index < -0.39 is 0 Å². The Bertz CT molecular complexity index is 995. The summed E-state index contributed by atoms with van der Waals surface area (Å²) in [6.07, 6.45) is 1.01. The lowest BCUT2D eigenvalue weighted by Crippen LogP contribution is -2.53. The highest BCUT2D eigenvalue weighted by atomic mass is 19.1. The third-order valence-corrected chi connectivity index (χ3v) is 5.78. The molecule has 0 radical (unpaired) electrons. The van der Waals surface area contributed by atoms with Gasteiger partial charge in [0.1, 0.15) is 11.5 Å². The number of ketones is 1. The van der Waals surface area contributed by atoms with Crippen molar-refractivity contribution in [3.05, 3.63) is 54.0 Å². The zero-order chi connectivity index (χ0) is 17.8. The molecule has 3 atom stereocenters. The van der Waals surface area contributed by atoms with Gasteiger partial charge in [-0.1, -0.05) is 18.2 Å². The molecule has 2 bridgehead atoms. The number of halogens is 1. The number of nitrogens with zero attached hydrogens (tertiary/aromatic N) is 2. The number of fused-ring (bicyclic) bond motifs is 3. The Hall–Kier alpha value is -2.57. The third-order valence-electron chi connectivity index (χ3n) is 5.78. The lowest BCUT2D eigenvalue weighted by Gasteiger charge is -2.30. The molecule has 3 heterocycles. The van der Waals surface area contributed by atoms with Crippen molar-refractivity contribution in [2.24, 2.45) is 0 Å². The molecule has 132 valence electrons. The van der Waals surface area contributed by atoms with Crippen molar-refractivity contribution in [1.29, 1.82) is 0 Å². The average Bonchev–Trinajstić information content (AvgIpc) is 3.35. The van der Waals surface area contributed by atoms with Gasteiger partial charge in [0.15, 0.2) is 0 Å². The maximum atomic E-state index is 13.2. The fourth-order valence-corrected chi connectivity index (χ4v) is 4.34. The van der Waals surface area contributed by atoms with E-state index in [1.54, 1.807) is 12.1 Å². The van der Waals surface area contributed by atoms with Gasteiger partial charge in [0.2, 0.25) is 5.78 Å². The van der Waals surface area contributed by atoms with Crippen molar-refractivity contribution in [2.45, 2.75) is 24.5 Å². The van der Waals surface area contributed by atoms with Gasteiger partial charge in [-0.25, -0.2) is 4.39 Å². The maximum absolute atomic E-state index is 13.2. The third kappa shape index (κ3) is 2.29. The molecular formula is C20H19FN4O. The predicted molar refractivity (Wildman–Crippen MR) is 97.6 cm³/mol. The molecule has 2 aliphatic heterocycles. The van der Waals surface area contributed by atoms with E-state index in [0.29, 0.717) is 11.7 Å². The Morgan fingerprint density at radius 1 is 1.19 bits per heavy atom. The first-order valence-corrected chi connectivity index (χ1v) is 8.85. The SMILES string of the molecule is CN1C(C(=O)c2n[nH]c3ccc(-c4ccc(F)cc4)cc23)[C@H]2C[C@H]1CN2. The molecule has 0 spiro atoms. The van der Waals surface area contributed by atoms with E-state index in [9.17, 15) is 9.18 Å². The standard InChI is InChI=1S/C20H19FN4O/c1-25-14-9-17(22-10-14)19(25)20(26)18-15-8-12(4-7-16(15)23-24-18)11-2-5-13(21)6-3-11/h2-8,14,17,19,22H,9-10H2,1H3,(H,23,24)/t14-,17+,19?/m0/s1. The number of carbonyl (C=O) groups is 1. The lowest BCUT2D eigenvalue weighted by atomic mass is 9.98. The second-order valence-electron chi connectivity index (χ2n) is 7.22. The summed E-state index contributed by atoms with van der Waals surface area (Å²) in [5.41, 5.74) is 3.16. The molecule has 6 heteroatoms. The molecule has 3 aromatic rings. The Labute approximate surface area is 150 Å². The van der Waals surface area contributed by atoms with Gasteiger partial charge >= 0.3 is 0 Å². The minimum absolute atomic E-state index is 0.0507. The summed E-state index contributed by atoms with van der Waals surface area (Å²) in [7, 11) is 2.02. The number of likely N-dealkylation sites (tertiary alicyclic amines) is 1. The quantitative estimate of drug-likeness (QED) is 0.713. The number of hydrogen-bond acceptors (Lipinski definition) is 4. The number of hydrogen-bond donors (Lipinski definition) is 2. The smallest absolute Gasteiger partial charge is 0.202 e. The van der Waals surface area contributed by atoms with Gasteiger partial charge in [-0.05, 0) is 48.9 Å². The van der Waals surface area contributed by atoms with Crippen LogP contribution in [0.5, 0.6) is 0 Å². The molecule has 26 heavy (non-hydrogen) atoms. The number of benzene rings is 2. The number of piperazine rings is 1. The molecular weight excluding hydrogens is 331 g/mol. The van der Waals surface area contributed by atoms with Crippen LogP contribution in [0.15, 0.2) is 42.5 Å². The summed E-state index contributed by atoms with van der Waals surface area (Å²) in [4.78, 5) is 15.4. The summed E-state index contributed by atoms with van der Waals surface area (Å²) in [5, 5.41) is 11.5. The summed E-state index contributed by atoms with van der Waals surface area (Å²) in [6.45, 7) is 0.945. The van der Waals surface area contributed by atoms with Crippen LogP contribution in [0.3, 0.4) is 0 Å². The summed E-state index contributed by atoms with van der Waals surface area (Å²) in [5.74, 6) is -0.212. The highest BCUT2D eigenvalue weighted by molar-refractivity contribution is 6.09. The number of nitrogens with one attached hydrogen (secondary N) is 2. The maximum Gasteiger partial charge on any atom is 0.202 e. The Morgan fingerprint density at radius 2 is 1.96 bits per heavy atom. The highest BCUT2D eigenvalue weighted by Gasteiger charge is 2.48. The number of carbonyl (C=O) groups excluding carboxylic acids is 1. The number of rotatable bonds is 3. The van der Waals surface area contributed by atoms with Gasteiger partial charge in [0, 0.05) is 24.0 Å². The van der Waals surface area contributed by atoms with Crippen LogP contribution in [0, 0.1) is 5.82 Å². The first-order chi connectivity index (χ1) is 12.6. The predicted octanol–water partition coefficient (Wildman–Crippen LogP) is 2.60. The number of aromatic amines is 1. The molecule has 0 aliphatic carbocycles. The van der Waals surface area contributed by atoms with E-state index in [1.165, 1.54) is 12.1 Å². The van der Waals surface area contributed by atoms with Gasteiger partial charge < -0.3 is 5.32 Å². The average molecular weight is 350 g/mol. The minimum atomic E-state index is -0.263. The fraction of sp³-hybridized carbons (Fsp3) is 0.300. The lowest BCUT2D eigenvalue weighted by molar-refractivity contribution is 0.0811. The first kappa shape index (κ1) is 15.7. The molecule has 5 nitrogen and oxygen atoms in total. The molecule has 1 unspecified atom stereocenters. The normalized spacial score (nSPS) is 25.2. The van der Waals surface area contributed by atoms with Crippen LogP contribution in [-0.2, 0) is 0 Å². The van der Waals surface area contributed by atoms with E-state index in [0.717, 1.165) is 35.0 Å². The molecule has 2 aromatic carbocycles. The molecule has 0 saturated carbocycles. The summed E-state index contributed by atoms with van der Waals surface area (Å²) >= 11 is 0. The zero-order valence-electron chi connectivity index (χ0n) is 14.4. The van der Waals surface area contributed by atoms with Crippen LogP contribution in [0.2, 0.25) is 0 Å². The Morgan fingerprint density at radius 3 is 2.69 bits per heavy atom. The van der Waals surface area contributed by atoms with Gasteiger partial charge in [-0.15, -0.1) is 0 Å². The Kier molecular flexibility index (Phi) is 3.45. The van der Waals surface area contributed by atoms with Gasteiger partial charge in [0.25, 0.3) is 0 Å². The van der Waals surface area contributed by atoms with Crippen molar-refractivity contribution in [1.82, 2.24) is 20.4 Å². The van der Waals surface area contributed by atoms with E-state index in [1.807, 2.05) is 25.2 Å². The van der Waals surface area contributed by atoms with E-state index in [-0.39, 0.29) is 23.7 Å². The molecule has 2 N–H and O–H groups in total. The van der Waals surface area contributed by atoms with E-state index in [4.69, 9.17) is 0 Å². The number of aromatic nitrogens is 2. The van der Waals surface area contributed by atoms with E-state index >= 15 is 0 Å². The van der Waals surface area contributed by atoms with Crippen LogP contribution < -0.4 is 5.32 Å². The molecule has 2 saturated heterocycles. The monoisotopic (exact) mass is 350 g/mol. The molecule has 0 amide bonds.